The van der Waals surface area contributed by atoms with Crippen LogP contribution in [0.25, 0.3) is 10.9 Å². The fraction of sp³-hybridized carbons (Fsp3) is 0.333. The Balaban J connectivity index is 1.71. The molecule has 1 amide bonds. The van der Waals surface area contributed by atoms with E-state index >= 15 is 0 Å². The number of para-hydroxylation sites is 1. The summed E-state index contributed by atoms with van der Waals surface area (Å²) in [5.74, 6) is -0.758. The van der Waals surface area contributed by atoms with Gasteiger partial charge in [0.15, 0.2) is 11.6 Å². The minimum Gasteiger partial charge on any atom is -0.488 e. The van der Waals surface area contributed by atoms with Crippen LogP contribution < -0.4 is 15.6 Å². The van der Waals surface area contributed by atoms with Crippen molar-refractivity contribution in [3.8, 4) is 5.75 Å². The van der Waals surface area contributed by atoms with E-state index in [2.05, 4.69) is 15.6 Å². The zero-order valence-electron chi connectivity index (χ0n) is 16.6. The van der Waals surface area contributed by atoms with Crippen LogP contribution in [0.2, 0.25) is 0 Å². The van der Waals surface area contributed by atoms with Crippen molar-refractivity contribution < 1.29 is 13.9 Å². The normalized spacial score (nSPS) is 12.6. The SMILES string of the molecule is CC(C)(C)C(COc1ccccc1F)NC(=O)Cn1nnc2ccccc2c1=O. The molecular formula is C21H23FN4O3. The van der Waals surface area contributed by atoms with Crippen LogP contribution in [0.15, 0.2) is 53.3 Å². The first-order chi connectivity index (χ1) is 13.8. The molecule has 0 aliphatic carbocycles. The van der Waals surface area contributed by atoms with E-state index in [1.807, 2.05) is 20.8 Å². The summed E-state index contributed by atoms with van der Waals surface area (Å²) in [5.41, 5.74) is -0.276. The first-order valence-corrected chi connectivity index (χ1v) is 9.25. The number of rotatable bonds is 6. The van der Waals surface area contributed by atoms with Crippen molar-refractivity contribution in [3.05, 3.63) is 64.7 Å². The van der Waals surface area contributed by atoms with Crippen LogP contribution in [0.1, 0.15) is 20.8 Å². The Morgan fingerprint density at radius 3 is 2.59 bits per heavy atom. The number of carbonyl (C=O) groups excluding carboxylic acids is 1. The highest BCUT2D eigenvalue weighted by molar-refractivity contribution is 5.78. The predicted molar refractivity (Wildman–Crippen MR) is 107 cm³/mol. The maximum absolute atomic E-state index is 13.8. The molecule has 0 saturated heterocycles. The van der Waals surface area contributed by atoms with Crippen molar-refractivity contribution >= 4 is 16.8 Å². The monoisotopic (exact) mass is 398 g/mol. The van der Waals surface area contributed by atoms with Crippen LogP contribution in [-0.2, 0) is 11.3 Å². The first kappa shape index (κ1) is 20.4. The van der Waals surface area contributed by atoms with Crippen LogP contribution in [0.3, 0.4) is 0 Å². The van der Waals surface area contributed by atoms with Gasteiger partial charge in [0.05, 0.1) is 11.4 Å². The number of aromatic nitrogens is 3. The highest BCUT2D eigenvalue weighted by Gasteiger charge is 2.27. The lowest BCUT2D eigenvalue weighted by molar-refractivity contribution is -0.123. The molecule has 7 nitrogen and oxygen atoms in total. The van der Waals surface area contributed by atoms with Crippen LogP contribution in [-0.4, -0.2) is 33.5 Å². The average molecular weight is 398 g/mol. The van der Waals surface area contributed by atoms with Crippen molar-refractivity contribution in [2.24, 2.45) is 5.41 Å². The molecule has 1 atom stereocenters. The van der Waals surface area contributed by atoms with Crippen LogP contribution in [0.4, 0.5) is 4.39 Å². The molecule has 3 aromatic rings. The summed E-state index contributed by atoms with van der Waals surface area (Å²) in [5, 5.41) is 11.1. The van der Waals surface area contributed by atoms with Crippen molar-refractivity contribution in [2.75, 3.05) is 6.61 Å². The molecule has 0 radical (unpaired) electrons. The molecule has 8 heteroatoms. The molecule has 0 aliphatic heterocycles. The van der Waals surface area contributed by atoms with Gasteiger partial charge in [0.1, 0.15) is 18.7 Å². The lowest BCUT2D eigenvalue weighted by Crippen LogP contribution is -2.49. The summed E-state index contributed by atoms with van der Waals surface area (Å²) in [6, 6.07) is 12.5. The number of ether oxygens (including phenoxy) is 1. The number of carbonyl (C=O) groups is 1. The third kappa shape index (κ3) is 4.96. The van der Waals surface area contributed by atoms with Crippen molar-refractivity contribution in [1.82, 2.24) is 20.3 Å². The number of hydrogen-bond acceptors (Lipinski definition) is 5. The minimum absolute atomic E-state index is 0.0778. The molecule has 3 rings (SSSR count). The molecule has 1 unspecified atom stereocenters. The second-order valence-electron chi connectivity index (χ2n) is 7.80. The van der Waals surface area contributed by atoms with E-state index in [1.54, 1.807) is 36.4 Å². The van der Waals surface area contributed by atoms with E-state index in [4.69, 9.17) is 4.74 Å². The van der Waals surface area contributed by atoms with Crippen LogP contribution in [0, 0.1) is 11.2 Å². The van der Waals surface area contributed by atoms with Gasteiger partial charge in [-0.2, -0.15) is 0 Å². The summed E-state index contributed by atoms with van der Waals surface area (Å²) in [6.07, 6.45) is 0. The molecule has 152 valence electrons. The Hall–Kier alpha value is -3.29. The Labute approximate surface area is 167 Å². The van der Waals surface area contributed by atoms with E-state index < -0.39 is 17.8 Å². The Morgan fingerprint density at radius 2 is 1.86 bits per heavy atom. The molecule has 0 bridgehead atoms. The quantitative estimate of drug-likeness (QED) is 0.690. The average Bonchev–Trinajstić information content (AvgIpc) is 2.68. The molecule has 0 aliphatic rings. The van der Waals surface area contributed by atoms with Gasteiger partial charge in [-0.1, -0.05) is 50.3 Å². The molecule has 2 aromatic carbocycles. The molecule has 0 spiro atoms. The van der Waals surface area contributed by atoms with Gasteiger partial charge in [-0.3, -0.25) is 9.59 Å². The van der Waals surface area contributed by atoms with Gasteiger partial charge in [-0.25, -0.2) is 9.07 Å². The van der Waals surface area contributed by atoms with Gasteiger partial charge < -0.3 is 10.1 Å². The fourth-order valence-corrected chi connectivity index (χ4v) is 2.75. The van der Waals surface area contributed by atoms with Gasteiger partial charge in [-0.15, -0.1) is 5.10 Å². The maximum atomic E-state index is 13.8. The molecule has 1 N–H and O–H groups in total. The third-order valence-corrected chi connectivity index (χ3v) is 4.55. The van der Waals surface area contributed by atoms with Gasteiger partial charge in [0.25, 0.3) is 5.56 Å². The number of amides is 1. The highest BCUT2D eigenvalue weighted by atomic mass is 19.1. The molecule has 1 heterocycles. The van der Waals surface area contributed by atoms with E-state index in [-0.39, 0.29) is 29.9 Å². The zero-order chi connectivity index (χ0) is 21.0. The molecule has 1 aromatic heterocycles. The minimum atomic E-state index is -0.468. The van der Waals surface area contributed by atoms with Gasteiger partial charge >= 0.3 is 0 Å². The summed E-state index contributed by atoms with van der Waals surface area (Å²) >= 11 is 0. The number of nitrogens with one attached hydrogen (secondary N) is 1. The highest BCUT2D eigenvalue weighted by Crippen LogP contribution is 2.22. The van der Waals surface area contributed by atoms with Crippen LogP contribution >= 0.6 is 0 Å². The lowest BCUT2D eigenvalue weighted by Gasteiger charge is -2.31. The summed E-state index contributed by atoms with van der Waals surface area (Å²) in [7, 11) is 0. The van der Waals surface area contributed by atoms with Gasteiger partial charge in [-0.05, 0) is 29.7 Å². The molecule has 0 saturated carbocycles. The third-order valence-electron chi connectivity index (χ3n) is 4.55. The zero-order valence-corrected chi connectivity index (χ0v) is 16.6. The van der Waals surface area contributed by atoms with E-state index in [9.17, 15) is 14.0 Å². The smallest absolute Gasteiger partial charge is 0.278 e. The van der Waals surface area contributed by atoms with Crippen molar-refractivity contribution in [2.45, 2.75) is 33.4 Å². The standard InChI is InChI=1S/C21H23FN4O3/c1-21(2,3)18(13-29-17-11-7-5-9-15(17)22)23-19(27)12-26-20(28)14-8-4-6-10-16(14)24-25-26/h4-11,18H,12-13H2,1-3H3,(H,23,27). The number of benzene rings is 2. The second kappa shape index (κ2) is 8.38. The van der Waals surface area contributed by atoms with E-state index in [0.29, 0.717) is 10.9 Å². The Morgan fingerprint density at radius 1 is 1.17 bits per heavy atom. The number of fused-ring (bicyclic) bond motifs is 1. The van der Waals surface area contributed by atoms with Gasteiger partial charge in [0.2, 0.25) is 5.91 Å². The van der Waals surface area contributed by atoms with Gasteiger partial charge in [0, 0.05) is 0 Å². The summed E-state index contributed by atoms with van der Waals surface area (Å²) < 4.78 is 20.4. The fourth-order valence-electron chi connectivity index (χ4n) is 2.75. The maximum Gasteiger partial charge on any atom is 0.278 e. The largest absolute Gasteiger partial charge is 0.488 e. The predicted octanol–water partition coefficient (Wildman–Crippen LogP) is 2.54. The summed E-state index contributed by atoms with van der Waals surface area (Å²) in [6.45, 7) is 5.61. The van der Waals surface area contributed by atoms with Crippen molar-refractivity contribution in [1.29, 1.82) is 0 Å². The van der Waals surface area contributed by atoms with Crippen molar-refractivity contribution in [3.63, 3.8) is 0 Å². The van der Waals surface area contributed by atoms with E-state index in [1.165, 1.54) is 12.1 Å². The Bertz CT molecular complexity index is 1080. The molecule has 0 fully saturated rings. The molecular weight excluding hydrogens is 375 g/mol. The number of halogens is 1. The lowest BCUT2D eigenvalue weighted by atomic mass is 9.87. The van der Waals surface area contributed by atoms with Crippen LogP contribution in [0.5, 0.6) is 5.75 Å². The number of nitrogens with zero attached hydrogens (tertiary/aromatic N) is 3. The Kier molecular flexibility index (Phi) is 5.91. The number of hydrogen-bond donors (Lipinski definition) is 1. The first-order valence-electron chi connectivity index (χ1n) is 9.25. The van der Waals surface area contributed by atoms with E-state index in [0.717, 1.165) is 4.68 Å². The summed E-state index contributed by atoms with van der Waals surface area (Å²) in [4.78, 5) is 25.1. The second-order valence-corrected chi connectivity index (χ2v) is 7.80. The molecule has 29 heavy (non-hydrogen) atoms. The topological polar surface area (TPSA) is 86.1 Å².